The van der Waals surface area contributed by atoms with Gasteiger partial charge in [0.1, 0.15) is 11.6 Å². The Balaban J connectivity index is 2.66. The summed E-state index contributed by atoms with van der Waals surface area (Å²) in [6.45, 7) is 6.52. The Hall–Kier alpha value is -0.100. The molecule has 1 aliphatic heterocycles. The summed E-state index contributed by atoms with van der Waals surface area (Å²) >= 11 is 2.28. The average Bonchev–Trinajstić information content (AvgIpc) is 2.15. The third-order valence-electron chi connectivity index (χ3n) is 2.07. The summed E-state index contributed by atoms with van der Waals surface area (Å²) in [7, 11) is 0. The zero-order valence-electron chi connectivity index (χ0n) is 9.47. The van der Waals surface area contributed by atoms with Gasteiger partial charge >= 0.3 is 5.97 Å². The number of carbonyl (C=O) groups excluding carboxylic acids is 1. The van der Waals surface area contributed by atoms with E-state index in [2.05, 4.69) is 34.0 Å². The van der Waals surface area contributed by atoms with Crippen molar-refractivity contribution in [3.63, 3.8) is 0 Å². The first kappa shape index (κ1) is 13.0. The largest absolute Gasteiger partial charge is 0.459 e. The molecule has 0 fully saturated rings. The van der Waals surface area contributed by atoms with Gasteiger partial charge in [-0.05, 0) is 39.3 Å². The fourth-order valence-electron chi connectivity index (χ4n) is 1.46. The first-order valence-corrected chi connectivity index (χ1v) is 6.68. The van der Waals surface area contributed by atoms with Crippen LogP contribution in [0.2, 0.25) is 0 Å². The predicted molar refractivity (Wildman–Crippen MR) is 69.2 cm³/mol. The average molecular weight is 323 g/mol. The summed E-state index contributed by atoms with van der Waals surface area (Å²) < 4.78 is 6.23. The number of hydrogen-bond donors (Lipinski definition) is 1. The molecule has 0 saturated heterocycles. The maximum Gasteiger partial charge on any atom is 0.327 e. The van der Waals surface area contributed by atoms with Crippen LogP contribution >= 0.6 is 22.6 Å². The van der Waals surface area contributed by atoms with E-state index in [1.807, 2.05) is 20.8 Å². The van der Waals surface area contributed by atoms with Crippen molar-refractivity contribution in [3.05, 3.63) is 11.6 Å². The molecule has 0 spiro atoms. The first-order chi connectivity index (χ1) is 6.94. The number of halogens is 1. The number of alkyl halides is 1. The van der Waals surface area contributed by atoms with Crippen molar-refractivity contribution in [3.8, 4) is 0 Å². The third kappa shape index (κ3) is 4.10. The second kappa shape index (κ2) is 5.30. The van der Waals surface area contributed by atoms with Gasteiger partial charge in [0.15, 0.2) is 0 Å². The van der Waals surface area contributed by atoms with Gasteiger partial charge in [0.2, 0.25) is 0 Å². The Kier molecular flexibility index (Phi) is 4.58. The SMILES string of the molecule is CC(C)(C)OC(=O)C1NCCC=C1CI. The highest BCUT2D eigenvalue weighted by Gasteiger charge is 2.28. The van der Waals surface area contributed by atoms with Crippen LogP contribution in [-0.4, -0.2) is 28.6 Å². The van der Waals surface area contributed by atoms with Crippen molar-refractivity contribution >= 4 is 28.6 Å². The molecular formula is C11H18INO2. The zero-order chi connectivity index (χ0) is 11.5. The molecule has 1 unspecified atom stereocenters. The van der Waals surface area contributed by atoms with Crippen LogP contribution in [-0.2, 0) is 9.53 Å². The van der Waals surface area contributed by atoms with Crippen molar-refractivity contribution in [2.45, 2.75) is 38.8 Å². The Labute approximate surface area is 105 Å². The molecule has 1 rings (SSSR count). The molecule has 1 N–H and O–H groups in total. The number of esters is 1. The predicted octanol–water partition coefficient (Wildman–Crippen LogP) is 2.05. The minimum absolute atomic E-state index is 0.162. The molecule has 0 bridgehead atoms. The Morgan fingerprint density at radius 2 is 2.33 bits per heavy atom. The maximum absolute atomic E-state index is 11.9. The highest BCUT2D eigenvalue weighted by molar-refractivity contribution is 14.1. The third-order valence-corrected chi connectivity index (χ3v) is 2.95. The van der Waals surface area contributed by atoms with Crippen LogP contribution in [0, 0.1) is 0 Å². The lowest BCUT2D eigenvalue weighted by Crippen LogP contribution is -2.45. The molecule has 0 aromatic carbocycles. The minimum atomic E-state index is -0.410. The van der Waals surface area contributed by atoms with Crippen LogP contribution in [0.15, 0.2) is 11.6 Å². The van der Waals surface area contributed by atoms with E-state index in [-0.39, 0.29) is 12.0 Å². The second-order valence-corrected chi connectivity index (χ2v) is 5.38. The first-order valence-electron chi connectivity index (χ1n) is 5.15. The minimum Gasteiger partial charge on any atom is -0.459 e. The molecular weight excluding hydrogens is 305 g/mol. The molecule has 0 aromatic heterocycles. The lowest BCUT2D eigenvalue weighted by atomic mass is 10.0. The van der Waals surface area contributed by atoms with Crippen molar-refractivity contribution in [1.29, 1.82) is 0 Å². The molecule has 0 amide bonds. The zero-order valence-corrected chi connectivity index (χ0v) is 11.6. The van der Waals surface area contributed by atoms with E-state index in [1.54, 1.807) is 0 Å². The van der Waals surface area contributed by atoms with Crippen molar-refractivity contribution in [2.24, 2.45) is 0 Å². The van der Waals surface area contributed by atoms with Crippen LogP contribution in [0.25, 0.3) is 0 Å². The Morgan fingerprint density at radius 3 is 2.87 bits per heavy atom. The highest BCUT2D eigenvalue weighted by Crippen LogP contribution is 2.16. The molecule has 1 atom stereocenters. The summed E-state index contributed by atoms with van der Waals surface area (Å²) in [6, 6.07) is -0.241. The fraction of sp³-hybridized carbons (Fsp3) is 0.727. The number of nitrogens with one attached hydrogen (secondary N) is 1. The quantitative estimate of drug-likeness (QED) is 0.366. The molecule has 1 heterocycles. The lowest BCUT2D eigenvalue weighted by Gasteiger charge is -2.27. The summed E-state index contributed by atoms with van der Waals surface area (Å²) in [5.41, 5.74) is 0.725. The van der Waals surface area contributed by atoms with Crippen LogP contribution in [0.4, 0.5) is 0 Å². The van der Waals surface area contributed by atoms with E-state index >= 15 is 0 Å². The van der Waals surface area contributed by atoms with Gasteiger partial charge < -0.3 is 10.1 Å². The van der Waals surface area contributed by atoms with Gasteiger partial charge in [-0.15, -0.1) is 0 Å². The van der Waals surface area contributed by atoms with Gasteiger partial charge in [-0.3, -0.25) is 0 Å². The van der Waals surface area contributed by atoms with Crippen molar-refractivity contribution < 1.29 is 9.53 Å². The fourth-order valence-corrected chi connectivity index (χ4v) is 2.21. The van der Waals surface area contributed by atoms with Crippen LogP contribution in [0.1, 0.15) is 27.2 Å². The van der Waals surface area contributed by atoms with Crippen LogP contribution < -0.4 is 5.32 Å². The summed E-state index contributed by atoms with van der Waals surface area (Å²) in [4.78, 5) is 11.9. The number of rotatable bonds is 2. The van der Waals surface area contributed by atoms with Crippen molar-refractivity contribution in [2.75, 3.05) is 11.0 Å². The van der Waals surface area contributed by atoms with Gasteiger partial charge in [-0.1, -0.05) is 28.7 Å². The highest BCUT2D eigenvalue weighted by atomic mass is 127. The van der Waals surface area contributed by atoms with E-state index < -0.39 is 5.60 Å². The smallest absolute Gasteiger partial charge is 0.327 e. The van der Waals surface area contributed by atoms with Gasteiger partial charge in [0, 0.05) is 4.43 Å². The molecule has 3 nitrogen and oxygen atoms in total. The van der Waals surface area contributed by atoms with E-state index in [0.717, 1.165) is 23.0 Å². The number of carbonyl (C=O) groups is 1. The summed E-state index contributed by atoms with van der Waals surface area (Å²) in [5, 5.41) is 3.19. The normalized spacial score (nSPS) is 22.1. The van der Waals surface area contributed by atoms with Gasteiger partial charge in [0.05, 0.1) is 0 Å². The molecule has 0 radical (unpaired) electrons. The number of ether oxygens (including phenoxy) is 1. The van der Waals surface area contributed by atoms with E-state index in [0.29, 0.717) is 0 Å². The molecule has 0 aromatic rings. The Bertz CT molecular complexity index is 268. The second-order valence-electron chi connectivity index (χ2n) is 4.62. The molecule has 0 aliphatic carbocycles. The molecule has 4 heteroatoms. The van der Waals surface area contributed by atoms with Crippen LogP contribution in [0.5, 0.6) is 0 Å². The topological polar surface area (TPSA) is 38.3 Å². The lowest BCUT2D eigenvalue weighted by molar-refractivity contribution is -0.156. The van der Waals surface area contributed by atoms with Gasteiger partial charge in [0.25, 0.3) is 0 Å². The molecule has 86 valence electrons. The standard InChI is InChI=1S/C11H18INO2/c1-11(2,3)15-10(14)9-8(7-12)5-4-6-13-9/h5,9,13H,4,6-7H2,1-3H3. The van der Waals surface area contributed by atoms with E-state index in [4.69, 9.17) is 4.74 Å². The van der Waals surface area contributed by atoms with Crippen molar-refractivity contribution in [1.82, 2.24) is 5.32 Å². The van der Waals surface area contributed by atoms with E-state index in [9.17, 15) is 4.79 Å². The molecule has 0 saturated carbocycles. The van der Waals surface area contributed by atoms with E-state index in [1.165, 1.54) is 0 Å². The Morgan fingerprint density at radius 1 is 1.67 bits per heavy atom. The van der Waals surface area contributed by atoms with Gasteiger partial charge in [-0.2, -0.15) is 0 Å². The summed E-state index contributed by atoms with van der Waals surface area (Å²) in [6.07, 6.45) is 3.13. The monoisotopic (exact) mass is 323 g/mol. The molecule has 15 heavy (non-hydrogen) atoms. The van der Waals surface area contributed by atoms with Crippen LogP contribution in [0.3, 0.4) is 0 Å². The molecule has 1 aliphatic rings. The number of hydrogen-bond acceptors (Lipinski definition) is 3. The maximum atomic E-state index is 11.9. The van der Waals surface area contributed by atoms with Gasteiger partial charge in [-0.25, -0.2) is 4.79 Å². The summed E-state index contributed by atoms with van der Waals surface area (Å²) in [5.74, 6) is -0.162.